The van der Waals surface area contributed by atoms with E-state index in [-0.39, 0.29) is 5.69 Å². The van der Waals surface area contributed by atoms with Gasteiger partial charge in [0.1, 0.15) is 11.5 Å². The van der Waals surface area contributed by atoms with E-state index >= 15 is 0 Å². The second-order valence-electron chi connectivity index (χ2n) is 3.98. The first kappa shape index (κ1) is 12.1. The van der Waals surface area contributed by atoms with Crippen molar-refractivity contribution in [3.8, 4) is 0 Å². The zero-order chi connectivity index (χ0) is 13.0. The number of nitrogens with zero attached hydrogens (tertiary/aromatic N) is 3. The van der Waals surface area contributed by atoms with Gasteiger partial charge in [0.15, 0.2) is 0 Å². The van der Waals surface area contributed by atoms with E-state index in [1.54, 1.807) is 23.1 Å². The molecule has 6 heteroatoms. The molecule has 0 radical (unpaired) electrons. The molecule has 0 aromatic carbocycles. The Labute approximate surface area is 105 Å². The third kappa shape index (κ3) is 3.07. The number of aromatic nitrogens is 3. The summed E-state index contributed by atoms with van der Waals surface area (Å²) in [6, 6.07) is 5.52. The molecule has 0 saturated carbocycles. The molecule has 0 bridgehead atoms. The fourth-order valence-corrected chi connectivity index (χ4v) is 1.49. The summed E-state index contributed by atoms with van der Waals surface area (Å²) in [5, 5.41) is 7.21. The minimum absolute atomic E-state index is 0.281. The van der Waals surface area contributed by atoms with Gasteiger partial charge in [-0.15, -0.1) is 0 Å². The Hall–Kier alpha value is -2.37. The number of amides is 1. The van der Waals surface area contributed by atoms with Crippen LogP contribution in [-0.2, 0) is 6.54 Å². The first-order chi connectivity index (χ1) is 8.65. The van der Waals surface area contributed by atoms with Crippen molar-refractivity contribution in [1.82, 2.24) is 14.8 Å². The Morgan fingerprint density at radius 3 is 2.89 bits per heavy atom. The molecule has 0 unspecified atom stereocenters. The summed E-state index contributed by atoms with van der Waals surface area (Å²) in [6.07, 6.45) is 3.53. The molecule has 0 atom stereocenters. The van der Waals surface area contributed by atoms with Crippen LogP contribution in [-0.4, -0.2) is 27.2 Å². The number of pyridine rings is 1. The van der Waals surface area contributed by atoms with Gasteiger partial charge < -0.3 is 11.1 Å². The molecule has 2 aromatic heterocycles. The Bertz CT molecular complexity index is 532. The van der Waals surface area contributed by atoms with Crippen LogP contribution in [0.4, 0.5) is 5.82 Å². The van der Waals surface area contributed by atoms with Crippen molar-refractivity contribution in [3.63, 3.8) is 0 Å². The highest BCUT2D eigenvalue weighted by molar-refractivity contribution is 5.90. The van der Waals surface area contributed by atoms with E-state index in [4.69, 9.17) is 5.73 Å². The Balaban J connectivity index is 1.84. The highest BCUT2D eigenvalue weighted by Crippen LogP contribution is 2.03. The molecule has 3 N–H and O–H groups in total. The minimum Gasteiger partial charge on any atom is -0.368 e. The smallest absolute Gasteiger partial charge is 0.269 e. The van der Waals surface area contributed by atoms with Crippen molar-refractivity contribution in [2.75, 3.05) is 11.9 Å². The second kappa shape index (κ2) is 5.31. The van der Waals surface area contributed by atoms with E-state index < -0.39 is 5.91 Å². The fraction of sp³-hybridized carbons (Fsp3) is 0.250. The lowest BCUT2D eigenvalue weighted by Crippen LogP contribution is -2.15. The molecule has 2 rings (SSSR count). The summed E-state index contributed by atoms with van der Waals surface area (Å²) in [4.78, 5) is 15.1. The van der Waals surface area contributed by atoms with E-state index in [0.717, 1.165) is 11.4 Å². The summed E-state index contributed by atoms with van der Waals surface area (Å²) in [7, 11) is 0. The lowest BCUT2D eigenvalue weighted by molar-refractivity contribution is 0.0994. The number of hydrogen-bond donors (Lipinski definition) is 2. The maximum Gasteiger partial charge on any atom is 0.269 e. The highest BCUT2D eigenvalue weighted by Gasteiger charge is 2.03. The van der Waals surface area contributed by atoms with Crippen molar-refractivity contribution in [2.45, 2.75) is 13.5 Å². The Kier molecular flexibility index (Phi) is 3.57. The number of carbonyl (C=O) groups excluding carboxylic acids is 1. The van der Waals surface area contributed by atoms with Crippen molar-refractivity contribution >= 4 is 11.7 Å². The van der Waals surface area contributed by atoms with Gasteiger partial charge in [-0.25, -0.2) is 4.98 Å². The summed E-state index contributed by atoms with van der Waals surface area (Å²) in [5.41, 5.74) is 6.53. The number of nitrogens with two attached hydrogens (primary N) is 1. The van der Waals surface area contributed by atoms with Crippen LogP contribution in [0.2, 0.25) is 0 Å². The molecule has 0 aliphatic rings. The largest absolute Gasteiger partial charge is 0.368 e. The zero-order valence-corrected chi connectivity index (χ0v) is 10.1. The maximum absolute atomic E-state index is 10.9. The van der Waals surface area contributed by atoms with Crippen LogP contribution in [0.15, 0.2) is 30.6 Å². The molecule has 0 aliphatic heterocycles. The third-order valence-corrected chi connectivity index (χ3v) is 2.45. The number of primary amides is 1. The second-order valence-corrected chi connectivity index (χ2v) is 3.98. The van der Waals surface area contributed by atoms with E-state index in [1.165, 1.54) is 0 Å². The molecule has 6 nitrogen and oxygen atoms in total. The topological polar surface area (TPSA) is 85.8 Å². The number of hydrogen-bond acceptors (Lipinski definition) is 4. The molecule has 0 spiro atoms. The number of aryl methyl sites for hydroxylation is 1. The van der Waals surface area contributed by atoms with Gasteiger partial charge in [-0.05, 0) is 24.6 Å². The van der Waals surface area contributed by atoms with E-state index in [9.17, 15) is 4.79 Å². The van der Waals surface area contributed by atoms with Crippen LogP contribution in [0.3, 0.4) is 0 Å². The zero-order valence-electron chi connectivity index (χ0n) is 10.1. The van der Waals surface area contributed by atoms with E-state index in [2.05, 4.69) is 15.4 Å². The van der Waals surface area contributed by atoms with Gasteiger partial charge in [0.2, 0.25) is 0 Å². The fourth-order valence-electron chi connectivity index (χ4n) is 1.49. The molecule has 0 fully saturated rings. The lowest BCUT2D eigenvalue weighted by Gasteiger charge is -2.05. The molecule has 2 heterocycles. The van der Waals surface area contributed by atoms with Gasteiger partial charge in [-0.2, -0.15) is 5.10 Å². The predicted molar refractivity (Wildman–Crippen MR) is 68.2 cm³/mol. The molecular formula is C12H15N5O. The number of anilines is 1. The van der Waals surface area contributed by atoms with Crippen LogP contribution >= 0.6 is 0 Å². The van der Waals surface area contributed by atoms with Crippen LogP contribution < -0.4 is 11.1 Å². The van der Waals surface area contributed by atoms with Gasteiger partial charge in [-0.1, -0.05) is 6.07 Å². The monoisotopic (exact) mass is 245 g/mol. The quantitative estimate of drug-likeness (QED) is 0.815. The van der Waals surface area contributed by atoms with Crippen LogP contribution in [0.5, 0.6) is 0 Å². The molecule has 2 aromatic rings. The number of carbonyl (C=O) groups is 1. The van der Waals surface area contributed by atoms with Gasteiger partial charge in [-0.3, -0.25) is 9.48 Å². The minimum atomic E-state index is -0.512. The van der Waals surface area contributed by atoms with Crippen LogP contribution in [0.25, 0.3) is 0 Å². The van der Waals surface area contributed by atoms with Crippen molar-refractivity contribution in [1.29, 1.82) is 0 Å². The third-order valence-electron chi connectivity index (χ3n) is 2.45. The van der Waals surface area contributed by atoms with Crippen molar-refractivity contribution < 1.29 is 4.79 Å². The lowest BCUT2D eigenvalue weighted by atomic mass is 10.3. The molecule has 1 amide bonds. The molecule has 0 saturated heterocycles. The summed E-state index contributed by atoms with van der Waals surface area (Å²) in [5.74, 6) is 0.310. The average Bonchev–Trinajstić information content (AvgIpc) is 2.81. The Morgan fingerprint density at radius 2 is 2.28 bits per heavy atom. The molecular weight excluding hydrogens is 230 g/mol. The van der Waals surface area contributed by atoms with E-state index in [0.29, 0.717) is 13.1 Å². The van der Waals surface area contributed by atoms with E-state index in [1.807, 2.05) is 19.1 Å². The first-order valence-electron chi connectivity index (χ1n) is 5.65. The van der Waals surface area contributed by atoms with Gasteiger partial charge in [0.25, 0.3) is 5.91 Å². The normalized spacial score (nSPS) is 10.3. The standard InChI is InChI=1S/C12H15N5O/c1-9-2-3-11(15-8-9)14-5-7-17-6-4-10(16-17)12(13)18/h2-4,6,8H,5,7H2,1H3,(H2,13,18)(H,14,15). The Morgan fingerprint density at radius 1 is 1.44 bits per heavy atom. The molecule has 94 valence electrons. The summed E-state index contributed by atoms with van der Waals surface area (Å²) < 4.78 is 1.67. The summed E-state index contributed by atoms with van der Waals surface area (Å²) >= 11 is 0. The summed E-state index contributed by atoms with van der Waals surface area (Å²) in [6.45, 7) is 3.31. The van der Waals surface area contributed by atoms with Crippen molar-refractivity contribution in [2.24, 2.45) is 5.73 Å². The number of rotatable bonds is 5. The molecule has 18 heavy (non-hydrogen) atoms. The predicted octanol–water partition coefficient (Wildman–Crippen LogP) is 0.798. The van der Waals surface area contributed by atoms with Gasteiger partial charge in [0.05, 0.1) is 6.54 Å². The van der Waals surface area contributed by atoms with Crippen LogP contribution in [0, 0.1) is 6.92 Å². The van der Waals surface area contributed by atoms with Gasteiger partial charge >= 0.3 is 0 Å². The SMILES string of the molecule is Cc1ccc(NCCn2ccc(C(N)=O)n2)nc1. The number of nitrogens with one attached hydrogen (secondary N) is 1. The first-order valence-corrected chi connectivity index (χ1v) is 5.65. The maximum atomic E-state index is 10.9. The van der Waals surface area contributed by atoms with Gasteiger partial charge in [0, 0.05) is 18.9 Å². The van der Waals surface area contributed by atoms with Crippen LogP contribution in [0.1, 0.15) is 16.1 Å². The van der Waals surface area contributed by atoms with Crippen molar-refractivity contribution in [3.05, 3.63) is 41.9 Å². The highest BCUT2D eigenvalue weighted by atomic mass is 16.1. The average molecular weight is 245 g/mol. The molecule has 0 aliphatic carbocycles.